The van der Waals surface area contributed by atoms with E-state index in [1.165, 1.54) is 17.0 Å². The van der Waals surface area contributed by atoms with Crippen molar-refractivity contribution in [3.63, 3.8) is 0 Å². The molecule has 2 heterocycles. The molecule has 0 radical (unpaired) electrons. The summed E-state index contributed by atoms with van der Waals surface area (Å²) < 4.78 is 39.9. The van der Waals surface area contributed by atoms with Gasteiger partial charge in [-0.1, -0.05) is 44.2 Å². The Kier molecular flexibility index (Phi) is 6.40. The molecule has 0 bridgehead atoms. The zero-order valence-electron chi connectivity index (χ0n) is 18.9. The summed E-state index contributed by atoms with van der Waals surface area (Å²) in [6, 6.07) is 10.7. The average Bonchev–Trinajstić information content (AvgIpc) is 3.13. The number of hydrogen-bond donors (Lipinski definition) is 2. The molecule has 3 amide bonds. The summed E-state index contributed by atoms with van der Waals surface area (Å²) in [5.74, 6) is -0.00800. The molecule has 2 N–H and O–H groups in total. The minimum absolute atomic E-state index is 0.0137. The molecular weight excluding hydrogens is 447 g/mol. The minimum Gasteiger partial charge on any atom is -0.395 e. The van der Waals surface area contributed by atoms with Crippen molar-refractivity contribution >= 4 is 17.6 Å². The van der Waals surface area contributed by atoms with E-state index in [1.54, 1.807) is 0 Å². The molecule has 0 saturated heterocycles. The van der Waals surface area contributed by atoms with Crippen LogP contribution in [0, 0.1) is 0 Å². The van der Waals surface area contributed by atoms with Crippen LogP contribution in [0.3, 0.4) is 0 Å². The number of alkyl halides is 3. The van der Waals surface area contributed by atoms with Gasteiger partial charge in [0.2, 0.25) is 0 Å². The van der Waals surface area contributed by atoms with Gasteiger partial charge in [0.25, 0.3) is 5.91 Å². The van der Waals surface area contributed by atoms with E-state index in [4.69, 9.17) is 0 Å². The van der Waals surface area contributed by atoms with Gasteiger partial charge in [0.15, 0.2) is 0 Å². The number of nitrogens with zero attached hydrogens (tertiary/aromatic N) is 2. The second-order valence-electron chi connectivity index (χ2n) is 8.55. The van der Waals surface area contributed by atoms with Crippen LogP contribution in [0.2, 0.25) is 0 Å². The summed E-state index contributed by atoms with van der Waals surface area (Å²) in [6.45, 7) is 3.99. The van der Waals surface area contributed by atoms with E-state index in [9.17, 15) is 27.9 Å². The van der Waals surface area contributed by atoms with Gasteiger partial charge in [-0.25, -0.2) is 4.79 Å². The highest BCUT2D eigenvalue weighted by molar-refractivity contribution is 6.07. The molecule has 0 spiro atoms. The molecule has 2 aromatic carbocycles. The molecule has 2 atom stereocenters. The summed E-state index contributed by atoms with van der Waals surface area (Å²) in [5, 5.41) is 12.2. The van der Waals surface area contributed by atoms with Crippen molar-refractivity contribution in [2.24, 2.45) is 0 Å². The van der Waals surface area contributed by atoms with Gasteiger partial charge in [-0.2, -0.15) is 13.2 Å². The first-order valence-corrected chi connectivity index (χ1v) is 11.2. The molecule has 0 aliphatic carbocycles. The number of anilines is 1. The first-order chi connectivity index (χ1) is 16.2. The van der Waals surface area contributed by atoms with Gasteiger partial charge in [0.05, 0.1) is 41.7 Å². The molecule has 1 unspecified atom stereocenters. The Morgan fingerprint density at radius 2 is 1.85 bits per heavy atom. The van der Waals surface area contributed by atoms with Crippen LogP contribution in [0.15, 0.2) is 59.8 Å². The molecule has 2 aliphatic heterocycles. The maximum Gasteiger partial charge on any atom is 0.416 e. The van der Waals surface area contributed by atoms with E-state index in [0.29, 0.717) is 22.8 Å². The van der Waals surface area contributed by atoms with Gasteiger partial charge < -0.3 is 15.3 Å². The lowest BCUT2D eigenvalue weighted by molar-refractivity contribution is -0.137. The normalized spacial score (nSPS) is 19.4. The number of benzene rings is 2. The SMILES string of the molecule is CCC(C)c1ccc([C@H]2NC(=O)N(c3cccc(C(F)(F)F)c3)C3=C2C(=O)N(CCO)C3)cc1. The molecule has 4 rings (SSSR count). The molecule has 180 valence electrons. The van der Waals surface area contributed by atoms with Gasteiger partial charge in [0.1, 0.15) is 0 Å². The van der Waals surface area contributed by atoms with Crippen LogP contribution in [0.25, 0.3) is 0 Å². The number of nitrogens with one attached hydrogen (secondary N) is 1. The topological polar surface area (TPSA) is 72.9 Å². The fraction of sp³-hybridized carbons (Fsp3) is 0.360. The Labute approximate surface area is 195 Å². The molecule has 9 heteroatoms. The molecular formula is C25H26F3N3O3. The van der Waals surface area contributed by atoms with Gasteiger partial charge in [-0.05, 0) is 41.7 Å². The van der Waals surface area contributed by atoms with Gasteiger partial charge in [-0.15, -0.1) is 0 Å². The van der Waals surface area contributed by atoms with Crippen LogP contribution >= 0.6 is 0 Å². The second kappa shape index (κ2) is 9.13. The monoisotopic (exact) mass is 473 g/mol. The third-order valence-electron chi connectivity index (χ3n) is 6.45. The van der Waals surface area contributed by atoms with Crippen molar-refractivity contribution in [2.75, 3.05) is 24.6 Å². The quantitative estimate of drug-likeness (QED) is 0.645. The summed E-state index contributed by atoms with van der Waals surface area (Å²) in [7, 11) is 0. The number of aliphatic hydroxyl groups is 1. The standard InChI is InChI=1S/C25H26F3N3O3/c1-3-15(2)16-7-9-17(10-8-16)22-21-20(14-30(11-12-32)23(21)33)31(24(34)29-22)19-6-4-5-18(13-19)25(26,27)28/h4-10,13,15,22,32H,3,11-12,14H2,1-2H3,(H,29,34)/t15?,22-/m1/s1. The van der Waals surface area contributed by atoms with Crippen molar-refractivity contribution in [3.8, 4) is 0 Å². The van der Waals surface area contributed by atoms with Crippen LogP contribution < -0.4 is 10.2 Å². The van der Waals surface area contributed by atoms with E-state index in [1.807, 2.05) is 24.3 Å². The van der Waals surface area contributed by atoms with Crippen molar-refractivity contribution in [1.82, 2.24) is 10.2 Å². The molecule has 2 aromatic rings. The highest BCUT2D eigenvalue weighted by Crippen LogP contribution is 2.40. The molecule has 2 aliphatic rings. The van der Waals surface area contributed by atoms with Crippen LogP contribution in [-0.4, -0.2) is 41.6 Å². The number of carbonyl (C=O) groups is 2. The van der Waals surface area contributed by atoms with Crippen LogP contribution in [-0.2, 0) is 11.0 Å². The van der Waals surface area contributed by atoms with Crippen LogP contribution in [0.5, 0.6) is 0 Å². The smallest absolute Gasteiger partial charge is 0.395 e. The largest absolute Gasteiger partial charge is 0.416 e. The Morgan fingerprint density at radius 3 is 2.47 bits per heavy atom. The van der Waals surface area contributed by atoms with E-state index >= 15 is 0 Å². The Hall–Kier alpha value is -3.33. The Morgan fingerprint density at radius 1 is 1.15 bits per heavy atom. The Bertz CT molecular complexity index is 1130. The Balaban J connectivity index is 1.79. The molecule has 0 saturated carbocycles. The third-order valence-corrected chi connectivity index (χ3v) is 6.45. The fourth-order valence-corrected chi connectivity index (χ4v) is 4.39. The second-order valence-corrected chi connectivity index (χ2v) is 8.55. The number of carbonyl (C=O) groups excluding carboxylic acids is 2. The molecule has 6 nitrogen and oxygen atoms in total. The summed E-state index contributed by atoms with van der Waals surface area (Å²) in [5.41, 5.74) is 1.58. The summed E-state index contributed by atoms with van der Waals surface area (Å²) in [4.78, 5) is 29.0. The number of urea groups is 1. The van der Waals surface area contributed by atoms with E-state index < -0.39 is 23.8 Å². The molecule has 0 aromatic heterocycles. The summed E-state index contributed by atoms with van der Waals surface area (Å²) >= 11 is 0. The zero-order valence-corrected chi connectivity index (χ0v) is 18.9. The van der Waals surface area contributed by atoms with Crippen molar-refractivity contribution in [3.05, 3.63) is 76.5 Å². The first kappa shape index (κ1) is 23.8. The highest BCUT2D eigenvalue weighted by Gasteiger charge is 2.44. The molecule has 0 fully saturated rings. The minimum atomic E-state index is -4.58. The van der Waals surface area contributed by atoms with Crippen molar-refractivity contribution < 1.29 is 27.9 Å². The van der Waals surface area contributed by atoms with Crippen molar-refractivity contribution in [2.45, 2.75) is 38.4 Å². The summed E-state index contributed by atoms with van der Waals surface area (Å²) in [6.07, 6.45) is -3.61. The number of aliphatic hydroxyl groups excluding tert-OH is 1. The number of rotatable bonds is 6. The first-order valence-electron chi connectivity index (χ1n) is 11.2. The number of hydrogen-bond acceptors (Lipinski definition) is 3. The number of amides is 3. The lowest BCUT2D eigenvalue weighted by atomic mass is 9.92. The maximum atomic E-state index is 13.3. The lowest BCUT2D eigenvalue weighted by Gasteiger charge is -2.34. The van der Waals surface area contributed by atoms with Crippen LogP contribution in [0.4, 0.5) is 23.7 Å². The van der Waals surface area contributed by atoms with Crippen molar-refractivity contribution in [1.29, 1.82) is 0 Å². The van der Waals surface area contributed by atoms with Gasteiger partial charge in [-0.3, -0.25) is 9.69 Å². The zero-order chi connectivity index (χ0) is 24.6. The lowest BCUT2D eigenvalue weighted by Crippen LogP contribution is -2.47. The van der Waals surface area contributed by atoms with Gasteiger partial charge in [0, 0.05) is 6.54 Å². The fourth-order valence-electron chi connectivity index (χ4n) is 4.39. The predicted octanol–water partition coefficient (Wildman–Crippen LogP) is 4.58. The van der Waals surface area contributed by atoms with Gasteiger partial charge >= 0.3 is 12.2 Å². The maximum absolute atomic E-state index is 13.3. The van der Waals surface area contributed by atoms with E-state index in [0.717, 1.165) is 29.0 Å². The predicted molar refractivity (Wildman–Crippen MR) is 121 cm³/mol. The number of β-amino-alcohol motifs (C(OH)–C–C–N with tert-alkyl or cyclic N) is 1. The number of halogens is 3. The van der Waals surface area contributed by atoms with E-state index in [2.05, 4.69) is 19.2 Å². The van der Waals surface area contributed by atoms with Crippen LogP contribution in [0.1, 0.15) is 48.9 Å². The highest BCUT2D eigenvalue weighted by atomic mass is 19.4. The molecule has 34 heavy (non-hydrogen) atoms. The average molecular weight is 473 g/mol. The van der Waals surface area contributed by atoms with E-state index in [-0.39, 0.29) is 31.3 Å². The third kappa shape index (κ3) is 4.27.